The molecule has 1 aromatic carbocycles. The standard InChI is InChI=1S/C20H28N4/c1-16-9-3-4-11-19(16)24-20-17(10-5-6-12-21-20)18(22-24)15-23-13-7-2-8-14-23/h3-4,9,11,21H,2,5-8,10,12-15H2,1H3. The summed E-state index contributed by atoms with van der Waals surface area (Å²) in [6.07, 6.45) is 7.70. The van der Waals surface area contributed by atoms with E-state index in [1.165, 1.54) is 73.5 Å². The lowest BCUT2D eigenvalue weighted by atomic mass is 10.1. The quantitative estimate of drug-likeness (QED) is 0.929. The van der Waals surface area contributed by atoms with Crippen molar-refractivity contribution in [2.75, 3.05) is 25.0 Å². The van der Waals surface area contributed by atoms with Gasteiger partial charge in [-0.15, -0.1) is 0 Å². The third-order valence-corrected chi connectivity index (χ3v) is 5.38. The lowest BCUT2D eigenvalue weighted by Gasteiger charge is -2.25. The van der Waals surface area contributed by atoms with Crippen LogP contribution in [0.25, 0.3) is 5.69 Å². The monoisotopic (exact) mass is 324 g/mol. The van der Waals surface area contributed by atoms with Gasteiger partial charge in [-0.25, -0.2) is 4.68 Å². The first-order valence-electron chi connectivity index (χ1n) is 9.46. The van der Waals surface area contributed by atoms with Gasteiger partial charge in [-0.1, -0.05) is 24.6 Å². The first kappa shape index (κ1) is 15.7. The molecule has 1 fully saturated rings. The van der Waals surface area contributed by atoms with Crippen LogP contribution in [0.1, 0.15) is 48.9 Å². The van der Waals surface area contributed by atoms with E-state index in [2.05, 4.69) is 46.1 Å². The lowest BCUT2D eigenvalue weighted by molar-refractivity contribution is 0.217. The Morgan fingerprint density at radius 1 is 1.04 bits per heavy atom. The first-order chi connectivity index (χ1) is 11.8. The molecule has 0 amide bonds. The number of fused-ring (bicyclic) bond motifs is 1. The fourth-order valence-corrected chi connectivity index (χ4v) is 4.01. The minimum Gasteiger partial charge on any atom is -0.370 e. The summed E-state index contributed by atoms with van der Waals surface area (Å²) in [6.45, 7) is 6.67. The van der Waals surface area contributed by atoms with Gasteiger partial charge >= 0.3 is 0 Å². The third-order valence-electron chi connectivity index (χ3n) is 5.38. The minimum absolute atomic E-state index is 1.00. The highest BCUT2D eigenvalue weighted by atomic mass is 15.3. The van der Waals surface area contributed by atoms with Crippen LogP contribution in [0.15, 0.2) is 24.3 Å². The number of piperidine rings is 1. The smallest absolute Gasteiger partial charge is 0.133 e. The molecule has 4 rings (SSSR count). The zero-order valence-corrected chi connectivity index (χ0v) is 14.7. The molecule has 1 N–H and O–H groups in total. The Morgan fingerprint density at radius 3 is 2.71 bits per heavy atom. The summed E-state index contributed by atoms with van der Waals surface area (Å²) in [5.41, 5.74) is 5.21. The molecule has 128 valence electrons. The maximum Gasteiger partial charge on any atom is 0.133 e. The molecule has 0 spiro atoms. The van der Waals surface area contributed by atoms with Gasteiger partial charge in [-0.3, -0.25) is 4.90 Å². The highest BCUT2D eigenvalue weighted by molar-refractivity contribution is 5.56. The molecule has 0 unspecified atom stereocenters. The normalized spacial score (nSPS) is 18.7. The topological polar surface area (TPSA) is 33.1 Å². The second kappa shape index (κ2) is 6.98. The molecule has 3 heterocycles. The highest BCUT2D eigenvalue weighted by Gasteiger charge is 2.23. The maximum absolute atomic E-state index is 5.07. The summed E-state index contributed by atoms with van der Waals surface area (Å²) in [6, 6.07) is 8.56. The lowest BCUT2D eigenvalue weighted by Crippen LogP contribution is -2.29. The van der Waals surface area contributed by atoms with E-state index >= 15 is 0 Å². The number of anilines is 1. The molecule has 24 heavy (non-hydrogen) atoms. The molecule has 0 atom stereocenters. The Hall–Kier alpha value is -1.81. The zero-order chi connectivity index (χ0) is 16.4. The fraction of sp³-hybridized carbons (Fsp3) is 0.550. The third kappa shape index (κ3) is 3.07. The number of aromatic nitrogens is 2. The average molecular weight is 324 g/mol. The van der Waals surface area contributed by atoms with Crippen LogP contribution in [0.2, 0.25) is 0 Å². The van der Waals surface area contributed by atoms with Gasteiger partial charge in [0.25, 0.3) is 0 Å². The van der Waals surface area contributed by atoms with Gasteiger partial charge in [-0.05, 0) is 63.7 Å². The van der Waals surface area contributed by atoms with Crippen molar-refractivity contribution in [1.82, 2.24) is 14.7 Å². The second-order valence-corrected chi connectivity index (χ2v) is 7.19. The number of aryl methyl sites for hydroxylation is 1. The van der Waals surface area contributed by atoms with Gasteiger partial charge in [0.15, 0.2) is 0 Å². The minimum atomic E-state index is 1.00. The van der Waals surface area contributed by atoms with E-state index in [0.717, 1.165) is 19.5 Å². The number of benzene rings is 1. The Balaban J connectivity index is 1.72. The molecular formula is C20H28N4. The Labute approximate surface area is 144 Å². The van der Waals surface area contributed by atoms with Gasteiger partial charge in [0.2, 0.25) is 0 Å². The van der Waals surface area contributed by atoms with Crippen LogP contribution in [0.3, 0.4) is 0 Å². The van der Waals surface area contributed by atoms with E-state index in [0.29, 0.717) is 0 Å². The van der Waals surface area contributed by atoms with E-state index in [1.54, 1.807) is 0 Å². The van der Waals surface area contributed by atoms with Gasteiger partial charge in [0, 0.05) is 18.7 Å². The summed E-state index contributed by atoms with van der Waals surface area (Å²) in [5, 5.41) is 8.73. The molecule has 0 bridgehead atoms. The van der Waals surface area contributed by atoms with Gasteiger partial charge in [0.05, 0.1) is 11.4 Å². The van der Waals surface area contributed by atoms with Crippen LogP contribution in [-0.2, 0) is 13.0 Å². The maximum atomic E-state index is 5.07. The summed E-state index contributed by atoms with van der Waals surface area (Å²) in [5.74, 6) is 1.23. The molecule has 1 saturated heterocycles. The molecule has 4 heteroatoms. The largest absolute Gasteiger partial charge is 0.370 e. The van der Waals surface area contributed by atoms with E-state index in [9.17, 15) is 0 Å². The SMILES string of the molecule is Cc1ccccc1-n1nc(CN2CCCCC2)c2c1NCCCC2. The van der Waals surface area contributed by atoms with Gasteiger partial charge in [-0.2, -0.15) is 5.10 Å². The van der Waals surface area contributed by atoms with Crippen molar-refractivity contribution in [1.29, 1.82) is 0 Å². The number of likely N-dealkylation sites (tertiary alicyclic amines) is 1. The molecule has 2 aliphatic heterocycles. The van der Waals surface area contributed by atoms with Crippen LogP contribution in [0.4, 0.5) is 5.82 Å². The van der Waals surface area contributed by atoms with Gasteiger partial charge in [0.1, 0.15) is 5.82 Å². The Morgan fingerprint density at radius 2 is 1.88 bits per heavy atom. The predicted octanol–water partition coefficient (Wildman–Crippen LogP) is 3.91. The van der Waals surface area contributed by atoms with Crippen molar-refractivity contribution in [3.63, 3.8) is 0 Å². The molecule has 0 aliphatic carbocycles. The Bertz CT molecular complexity index is 698. The van der Waals surface area contributed by atoms with Crippen LogP contribution >= 0.6 is 0 Å². The van der Waals surface area contributed by atoms with Crippen LogP contribution in [0, 0.1) is 6.92 Å². The first-order valence-corrected chi connectivity index (χ1v) is 9.46. The van der Waals surface area contributed by atoms with E-state index in [1.807, 2.05) is 0 Å². The van der Waals surface area contributed by atoms with E-state index in [-0.39, 0.29) is 0 Å². The molecule has 2 aromatic rings. The van der Waals surface area contributed by atoms with E-state index < -0.39 is 0 Å². The highest BCUT2D eigenvalue weighted by Crippen LogP contribution is 2.30. The summed E-state index contributed by atoms with van der Waals surface area (Å²) in [4.78, 5) is 2.58. The molecular weight excluding hydrogens is 296 g/mol. The van der Waals surface area contributed by atoms with Crippen LogP contribution < -0.4 is 5.32 Å². The number of para-hydroxylation sites is 1. The average Bonchev–Trinajstić information content (AvgIpc) is 2.79. The number of rotatable bonds is 3. The summed E-state index contributed by atoms with van der Waals surface area (Å²) < 4.78 is 2.16. The van der Waals surface area contributed by atoms with Crippen LogP contribution in [-0.4, -0.2) is 34.3 Å². The predicted molar refractivity (Wildman–Crippen MR) is 98.9 cm³/mol. The van der Waals surface area contributed by atoms with Crippen molar-refractivity contribution in [3.8, 4) is 5.69 Å². The number of nitrogens with one attached hydrogen (secondary N) is 1. The molecule has 4 nitrogen and oxygen atoms in total. The van der Waals surface area contributed by atoms with Crippen molar-refractivity contribution in [2.45, 2.75) is 52.0 Å². The number of hydrogen-bond acceptors (Lipinski definition) is 3. The second-order valence-electron chi connectivity index (χ2n) is 7.19. The zero-order valence-electron chi connectivity index (χ0n) is 14.7. The van der Waals surface area contributed by atoms with Crippen molar-refractivity contribution < 1.29 is 0 Å². The molecule has 0 saturated carbocycles. The van der Waals surface area contributed by atoms with Crippen LogP contribution in [0.5, 0.6) is 0 Å². The Kier molecular flexibility index (Phi) is 4.56. The van der Waals surface area contributed by atoms with Crippen molar-refractivity contribution >= 4 is 5.82 Å². The molecule has 1 aromatic heterocycles. The van der Waals surface area contributed by atoms with E-state index in [4.69, 9.17) is 5.10 Å². The number of nitrogens with zero attached hydrogens (tertiary/aromatic N) is 3. The summed E-state index contributed by atoms with van der Waals surface area (Å²) in [7, 11) is 0. The van der Waals surface area contributed by atoms with Gasteiger partial charge < -0.3 is 5.32 Å². The van der Waals surface area contributed by atoms with Crippen molar-refractivity contribution in [3.05, 3.63) is 41.1 Å². The molecule has 0 radical (unpaired) electrons. The molecule has 2 aliphatic rings. The fourth-order valence-electron chi connectivity index (χ4n) is 4.01. The summed E-state index contributed by atoms with van der Waals surface area (Å²) >= 11 is 0. The van der Waals surface area contributed by atoms with Crippen molar-refractivity contribution in [2.24, 2.45) is 0 Å². The number of hydrogen-bond donors (Lipinski definition) is 1.